The summed E-state index contributed by atoms with van der Waals surface area (Å²) in [5, 5.41) is 5.76. The van der Waals surface area contributed by atoms with Crippen molar-refractivity contribution in [2.45, 2.75) is 26.7 Å². The molecule has 2 rings (SSSR count). The number of benzene rings is 1. The minimum atomic E-state index is -0.389. The van der Waals surface area contributed by atoms with Gasteiger partial charge in [0.1, 0.15) is 5.82 Å². The number of nitrogens with zero attached hydrogens (tertiary/aromatic N) is 2. The Kier molecular flexibility index (Phi) is 7.18. The van der Waals surface area contributed by atoms with Crippen LogP contribution in [0, 0.1) is 17.2 Å². The normalized spacial score (nSPS) is 15.7. The zero-order valence-corrected chi connectivity index (χ0v) is 16.7. The van der Waals surface area contributed by atoms with E-state index >= 15 is 0 Å². The molecule has 1 aromatic carbocycles. The third-order valence-corrected chi connectivity index (χ3v) is 4.71. The maximum absolute atomic E-state index is 13.2. The van der Waals surface area contributed by atoms with Gasteiger partial charge in [-0.2, -0.15) is 0 Å². The second kappa shape index (κ2) is 9.17. The molecular formula is C20H31FN4O2. The molecule has 7 heteroatoms. The van der Waals surface area contributed by atoms with Crippen LogP contribution >= 0.6 is 0 Å². The molecule has 0 aromatic heterocycles. The smallest absolute Gasteiger partial charge is 0.321 e. The fourth-order valence-electron chi connectivity index (χ4n) is 3.50. The van der Waals surface area contributed by atoms with E-state index in [1.54, 1.807) is 17.0 Å². The number of carbonyl (C=O) groups excluding carboxylic acids is 2. The number of halogens is 1. The van der Waals surface area contributed by atoms with Gasteiger partial charge in [-0.05, 0) is 50.6 Å². The van der Waals surface area contributed by atoms with E-state index in [0.29, 0.717) is 38.2 Å². The molecular weight excluding hydrogens is 347 g/mol. The van der Waals surface area contributed by atoms with Gasteiger partial charge < -0.3 is 20.4 Å². The van der Waals surface area contributed by atoms with Crippen LogP contribution in [0.25, 0.3) is 0 Å². The van der Waals surface area contributed by atoms with Crippen LogP contribution in [0.1, 0.15) is 26.7 Å². The van der Waals surface area contributed by atoms with Gasteiger partial charge in [-0.3, -0.25) is 4.79 Å². The highest BCUT2D eigenvalue weighted by Gasteiger charge is 2.28. The van der Waals surface area contributed by atoms with Gasteiger partial charge in [0.25, 0.3) is 0 Å². The van der Waals surface area contributed by atoms with Crippen molar-refractivity contribution >= 4 is 17.6 Å². The first-order chi connectivity index (χ1) is 12.7. The van der Waals surface area contributed by atoms with Gasteiger partial charge >= 0.3 is 6.03 Å². The van der Waals surface area contributed by atoms with Crippen molar-refractivity contribution in [3.05, 3.63) is 30.1 Å². The van der Waals surface area contributed by atoms with E-state index in [1.807, 2.05) is 14.1 Å². The molecule has 1 fully saturated rings. The molecule has 0 atom stereocenters. The number of likely N-dealkylation sites (tertiary alicyclic amines) is 1. The van der Waals surface area contributed by atoms with Crippen LogP contribution in [-0.4, -0.2) is 62.0 Å². The minimum absolute atomic E-state index is 0.00467. The number of amides is 3. The molecule has 0 radical (unpaired) electrons. The number of hydrogen-bond donors (Lipinski definition) is 2. The average Bonchev–Trinajstić information content (AvgIpc) is 2.59. The van der Waals surface area contributed by atoms with Gasteiger partial charge in [-0.15, -0.1) is 0 Å². The molecule has 0 saturated carbocycles. The van der Waals surface area contributed by atoms with E-state index in [1.165, 1.54) is 12.1 Å². The van der Waals surface area contributed by atoms with Gasteiger partial charge in [0.05, 0.1) is 0 Å². The summed E-state index contributed by atoms with van der Waals surface area (Å²) >= 11 is 0. The maximum atomic E-state index is 13.2. The van der Waals surface area contributed by atoms with Crippen LogP contribution in [0.5, 0.6) is 0 Å². The van der Waals surface area contributed by atoms with Crippen LogP contribution in [-0.2, 0) is 4.79 Å². The Morgan fingerprint density at radius 2 is 1.93 bits per heavy atom. The number of piperidine rings is 1. The monoisotopic (exact) mass is 378 g/mol. The molecule has 1 aromatic rings. The minimum Gasteiger partial charge on any atom is -0.355 e. The molecule has 0 spiro atoms. The lowest BCUT2D eigenvalue weighted by atomic mass is 9.91. The summed E-state index contributed by atoms with van der Waals surface area (Å²) in [7, 11) is 4.04. The predicted molar refractivity (Wildman–Crippen MR) is 105 cm³/mol. The Balaban J connectivity index is 1.77. The highest BCUT2D eigenvalue weighted by Crippen LogP contribution is 2.20. The van der Waals surface area contributed by atoms with Crippen molar-refractivity contribution < 1.29 is 14.0 Å². The highest BCUT2D eigenvalue weighted by molar-refractivity contribution is 5.89. The third kappa shape index (κ3) is 6.82. The first-order valence-corrected chi connectivity index (χ1v) is 9.40. The Morgan fingerprint density at radius 3 is 2.52 bits per heavy atom. The second-order valence-electron chi connectivity index (χ2n) is 8.32. The standard InChI is InChI=1S/C20H31FN4O2/c1-20(2,14-24(3)4)13-22-18(26)15-8-10-25(11-9-15)19(27)23-17-7-5-6-16(21)12-17/h5-7,12,15H,8-11,13-14H2,1-4H3,(H,22,26)(H,23,27). The zero-order valence-electron chi connectivity index (χ0n) is 16.7. The molecule has 1 saturated heterocycles. The largest absolute Gasteiger partial charge is 0.355 e. The van der Waals surface area contributed by atoms with Gasteiger partial charge in [-0.25, -0.2) is 9.18 Å². The lowest BCUT2D eigenvalue weighted by Gasteiger charge is -2.33. The van der Waals surface area contributed by atoms with Crippen LogP contribution < -0.4 is 10.6 Å². The summed E-state index contributed by atoms with van der Waals surface area (Å²) in [5.41, 5.74) is 0.438. The first-order valence-electron chi connectivity index (χ1n) is 9.40. The van der Waals surface area contributed by atoms with E-state index in [-0.39, 0.29) is 29.1 Å². The molecule has 1 aliphatic rings. The quantitative estimate of drug-likeness (QED) is 0.800. The van der Waals surface area contributed by atoms with E-state index in [2.05, 4.69) is 29.4 Å². The Morgan fingerprint density at radius 1 is 1.26 bits per heavy atom. The molecule has 0 bridgehead atoms. The second-order valence-corrected chi connectivity index (χ2v) is 8.32. The Hall–Kier alpha value is -2.15. The lowest BCUT2D eigenvalue weighted by molar-refractivity contribution is -0.126. The fraction of sp³-hybridized carbons (Fsp3) is 0.600. The van der Waals surface area contributed by atoms with Crippen molar-refractivity contribution in [1.82, 2.24) is 15.1 Å². The summed E-state index contributed by atoms with van der Waals surface area (Å²) < 4.78 is 13.2. The number of hydrogen-bond acceptors (Lipinski definition) is 3. The highest BCUT2D eigenvalue weighted by atomic mass is 19.1. The fourth-order valence-corrected chi connectivity index (χ4v) is 3.50. The number of nitrogens with one attached hydrogen (secondary N) is 2. The van der Waals surface area contributed by atoms with E-state index in [4.69, 9.17) is 0 Å². The molecule has 6 nitrogen and oxygen atoms in total. The number of urea groups is 1. The topological polar surface area (TPSA) is 64.7 Å². The van der Waals surface area contributed by atoms with Crippen molar-refractivity contribution in [2.24, 2.45) is 11.3 Å². The summed E-state index contributed by atoms with van der Waals surface area (Å²) in [4.78, 5) is 28.5. The molecule has 2 N–H and O–H groups in total. The van der Waals surface area contributed by atoms with Crippen LogP contribution in [0.15, 0.2) is 24.3 Å². The molecule has 1 aliphatic heterocycles. The average molecular weight is 378 g/mol. The molecule has 27 heavy (non-hydrogen) atoms. The summed E-state index contributed by atoms with van der Waals surface area (Å²) in [5.74, 6) is -0.397. The van der Waals surface area contributed by atoms with E-state index in [9.17, 15) is 14.0 Å². The summed E-state index contributed by atoms with van der Waals surface area (Å²) in [6, 6.07) is 5.56. The molecule has 0 aliphatic carbocycles. The van der Waals surface area contributed by atoms with Crippen molar-refractivity contribution in [2.75, 3.05) is 45.6 Å². The summed E-state index contributed by atoms with van der Waals surface area (Å²) in [6.07, 6.45) is 1.27. The Labute approximate surface area is 161 Å². The van der Waals surface area contributed by atoms with Crippen molar-refractivity contribution in [3.63, 3.8) is 0 Å². The van der Waals surface area contributed by atoms with Gasteiger partial charge in [0.15, 0.2) is 0 Å². The predicted octanol–water partition coefficient (Wildman–Crippen LogP) is 2.77. The maximum Gasteiger partial charge on any atom is 0.321 e. The number of carbonyl (C=O) groups is 2. The Bertz CT molecular complexity index is 655. The van der Waals surface area contributed by atoms with Crippen molar-refractivity contribution in [3.8, 4) is 0 Å². The van der Waals surface area contributed by atoms with E-state index in [0.717, 1.165) is 6.54 Å². The van der Waals surface area contributed by atoms with Gasteiger partial charge in [-0.1, -0.05) is 19.9 Å². The van der Waals surface area contributed by atoms with Crippen LogP contribution in [0.3, 0.4) is 0 Å². The van der Waals surface area contributed by atoms with E-state index < -0.39 is 0 Å². The molecule has 150 valence electrons. The zero-order chi connectivity index (χ0) is 20.0. The third-order valence-electron chi connectivity index (χ3n) is 4.71. The molecule has 1 heterocycles. The first kappa shape index (κ1) is 21.2. The summed E-state index contributed by atoms with van der Waals surface area (Å²) in [6.45, 7) is 6.82. The number of anilines is 1. The van der Waals surface area contributed by atoms with Crippen LogP contribution in [0.4, 0.5) is 14.9 Å². The lowest BCUT2D eigenvalue weighted by Crippen LogP contribution is -2.46. The SMILES string of the molecule is CN(C)CC(C)(C)CNC(=O)C1CCN(C(=O)Nc2cccc(F)c2)CC1. The molecule has 0 unspecified atom stereocenters. The van der Waals surface area contributed by atoms with Gasteiger partial charge in [0.2, 0.25) is 5.91 Å². The van der Waals surface area contributed by atoms with Gasteiger partial charge in [0, 0.05) is 37.8 Å². The van der Waals surface area contributed by atoms with Crippen LogP contribution in [0.2, 0.25) is 0 Å². The van der Waals surface area contributed by atoms with Crippen molar-refractivity contribution in [1.29, 1.82) is 0 Å². The molecule has 3 amide bonds. The number of rotatable bonds is 6.